The normalized spacial score (nSPS) is 10.4. The fourth-order valence-electron chi connectivity index (χ4n) is 3.94. The molecule has 43 heavy (non-hydrogen) atoms. The van der Waals surface area contributed by atoms with Gasteiger partial charge < -0.3 is 18.9 Å². The highest BCUT2D eigenvalue weighted by Crippen LogP contribution is 2.34. The van der Waals surface area contributed by atoms with Gasteiger partial charge in [-0.2, -0.15) is 0 Å². The fraction of sp³-hybridized carbons (Fsp3) is 0.0286. The Bertz CT molecular complexity index is 1670. The molecule has 0 radical (unpaired) electrons. The van der Waals surface area contributed by atoms with E-state index in [2.05, 4.69) is 0 Å². The second-order valence-corrected chi connectivity index (χ2v) is 9.09. The van der Waals surface area contributed by atoms with Crippen molar-refractivity contribution in [3.05, 3.63) is 167 Å². The third kappa shape index (κ3) is 7.39. The van der Waals surface area contributed by atoms with Crippen LogP contribution in [0.1, 0.15) is 53.3 Å². The van der Waals surface area contributed by atoms with Crippen LogP contribution in [0.4, 0.5) is 0 Å². The Labute approximate surface area is 247 Å². The van der Waals surface area contributed by atoms with Crippen molar-refractivity contribution in [2.45, 2.75) is 6.29 Å². The molecular weight excluding hydrogens is 548 g/mol. The van der Waals surface area contributed by atoms with Crippen molar-refractivity contribution in [2.75, 3.05) is 0 Å². The van der Waals surface area contributed by atoms with Crippen LogP contribution in [0.25, 0.3) is 0 Å². The van der Waals surface area contributed by atoms with Crippen LogP contribution in [-0.2, 0) is 9.47 Å². The Morgan fingerprint density at radius 2 is 0.744 bits per heavy atom. The second kappa shape index (κ2) is 13.6. The largest absolute Gasteiger partial charge is 0.419 e. The Morgan fingerprint density at radius 1 is 0.395 bits per heavy atom. The highest BCUT2D eigenvalue weighted by Gasteiger charge is 2.26. The smallest absolute Gasteiger partial charge is 0.343 e. The molecule has 0 aliphatic rings. The van der Waals surface area contributed by atoms with Gasteiger partial charge in [0, 0.05) is 5.56 Å². The minimum atomic E-state index is -1.55. The van der Waals surface area contributed by atoms with Crippen LogP contribution in [0, 0.1) is 0 Å². The zero-order valence-corrected chi connectivity index (χ0v) is 22.6. The second-order valence-electron chi connectivity index (χ2n) is 9.09. The van der Waals surface area contributed by atoms with Crippen LogP contribution in [0.5, 0.6) is 11.5 Å². The van der Waals surface area contributed by atoms with E-state index in [-0.39, 0.29) is 39.3 Å². The van der Waals surface area contributed by atoms with Gasteiger partial charge in [-0.1, -0.05) is 72.8 Å². The maximum atomic E-state index is 13.0. The summed E-state index contributed by atoms with van der Waals surface area (Å²) in [6, 6.07) is 37.0. The maximum absolute atomic E-state index is 13.0. The first-order valence-corrected chi connectivity index (χ1v) is 13.2. The van der Waals surface area contributed by atoms with Crippen LogP contribution in [0.2, 0.25) is 0 Å². The molecule has 212 valence electrons. The lowest BCUT2D eigenvalue weighted by Gasteiger charge is -2.20. The number of rotatable bonds is 9. The summed E-state index contributed by atoms with van der Waals surface area (Å²) in [6.45, 7) is 0. The van der Waals surface area contributed by atoms with Crippen LogP contribution in [-0.4, -0.2) is 23.9 Å². The molecule has 0 N–H and O–H groups in total. The molecule has 0 bridgehead atoms. The highest BCUT2D eigenvalue weighted by molar-refractivity contribution is 5.93. The van der Waals surface area contributed by atoms with Crippen molar-refractivity contribution in [3.8, 4) is 11.5 Å². The highest BCUT2D eigenvalue weighted by atomic mass is 16.7. The van der Waals surface area contributed by atoms with E-state index in [1.54, 1.807) is 121 Å². The monoisotopic (exact) mass is 572 g/mol. The molecule has 0 saturated carbocycles. The first-order chi connectivity index (χ1) is 21.0. The average molecular weight is 573 g/mol. The third-order valence-electron chi connectivity index (χ3n) is 6.11. The molecular formula is C35H24O8. The Hall–Kier alpha value is -6.02. The van der Waals surface area contributed by atoms with E-state index in [9.17, 15) is 19.2 Å². The molecule has 5 aromatic rings. The van der Waals surface area contributed by atoms with Gasteiger partial charge in [0.2, 0.25) is 0 Å². The first kappa shape index (κ1) is 28.5. The van der Waals surface area contributed by atoms with Gasteiger partial charge in [0.05, 0.1) is 22.3 Å². The molecule has 8 nitrogen and oxygen atoms in total. The number of hydrogen-bond acceptors (Lipinski definition) is 8. The van der Waals surface area contributed by atoms with Crippen LogP contribution < -0.4 is 9.47 Å². The predicted molar refractivity (Wildman–Crippen MR) is 156 cm³/mol. The number of ether oxygens (including phenoxy) is 4. The number of carbonyl (C=O) groups excluding carboxylic acids is 4. The maximum Gasteiger partial charge on any atom is 0.343 e. The molecule has 0 spiro atoms. The first-order valence-electron chi connectivity index (χ1n) is 13.2. The summed E-state index contributed by atoms with van der Waals surface area (Å²) >= 11 is 0. The van der Waals surface area contributed by atoms with Crippen LogP contribution in [0.3, 0.4) is 0 Å². The summed E-state index contributed by atoms with van der Waals surface area (Å²) in [7, 11) is 0. The lowest BCUT2D eigenvalue weighted by Crippen LogP contribution is -2.19. The minimum absolute atomic E-state index is 0.0793. The summed E-state index contributed by atoms with van der Waals surface area (Å²) in [5.74, 6) is -3.17. The van der Waals surface area contributed by atoms with E-state index in [4.69, 9.17) is 18.9 Å². The molecule has 0 atom stereocenters. The van der Waals surface area contributed by atoms with Gasteiger partial charge in [0.15, 0.2) is 11.5 Å². The van der Waals surface area contributed by atoms with E-state index < -0.39 is 30.2 Å². The number of esters is 4. The van der Waals surface area contributed by atoms with Crippen molar-refractivity contribution >= 4 is 23.9 Å². The summed E-state index contributed by atoms with van der Waals surface area (Å²) in [6.07, 6.45) is -1.55. The molecule has 0 aliphatic carbocycles. The van der Waals surface area contributed by atoms with Gasteiger partial charge in [-0.05, 0) is 66.7 Å². The van der Waals surface area contributed by atoms with E-state index in [0.29, 0.717) is 0 Å². The Balaban J connectivity index is 1.50. The lowest BCUT2D eigenvalue weighted by molar-refractivity contribution is -0.0824. The topological polar surface area (TPSA) is 105 Å². The van der Waals surface area contributed by atoms with Gasteiger partial charge in [0.1, 0.15) is 0 Å². The van der Waals surface area contributed by atoms with Crippen molar-refractivity contribution in [1.29, 1.82) is 0 Å². The molecule has 5 rings (SSSR count). The molecule has 0 amide bonds. The average Bonchev–Trinajstić information content (AvgIpc) is 3.06. The number of benzene rings is 5. The zero-order valence-electron chi connectivity index (χ0n) is 22.6. The quantitative estimate of drug-likeness (QED) is 0.107. The van der Waals surface area contributed by atoms with Crippen molar-refractivity contribution in [2.24, 2.45) is 0 Å². The lowest BCUT2D eigenvalue weighted by atomic mass is 10.1. The summed E-state index contributed by atoms with van der Waals surface area (Å²) in [4.78, 5) is 51.8. The Morgan fingerprint density at radius 3 is 1.14 bits per heavy atom. The molecule has 0 fully saturated rings. The SMILES string of the molecule is O=C(Oc1ccc(C(OC(=O)c2ccccc2)OC(=O)c2ccccc2)cc1OC(=O)c1ccccc1)c1ccccc1. The zero-order chi connectivity index (χ0) is 30.0. The van der Waals surface area contributed by atoms with Crippen LogP contribution >= 0.6 is 0 Å². The number of hydrogen-bond donors (Lipinski definition) is 0. The molecule has 0 aliphatic heterocycles. The molecule has 0 saturated heterocycles. The van der Waals surface area contributed by atoms with E-state index in [0.717, 1.165) is 0 Å². The fourth-order valence-corrected chi connectivity index (χ4v) is 3.94. The summed E-state index contributed by atoms with van der Waals surface area (Å²) in [5.41, 5.74) is 1.12. The summed E-state index contributed by atoms with van der Waals surface area (Å²) < 4.78 is 22.5. The van der Waals surface area contributed by atoms with Gasteiger partial charge in [-0.15, -0.1) is 0 Å². The molecule has 0 heterocycles. The third-order valence-corrected chi connectivity index (χ3v) is 6.11. The van der Waals surface area contributed by atoms with Gasteiger partial charge in [-0.25, -0.2) is 19.2 Å². The van der Waals surface area contributed by atoms with Gasteiger partial charge in [0.25, 0.3) is 6.29 Å². The number of carbonyl (C=O) groups is 4. The minimum Gasteiger partial charge on any atom is -0.419 e. The van der Waals surface area contributed by atoms with Gasteiger partial charge >= 0.3 is 23.9 Å². The van der Waals surface area contributed by atoms with Gasteiger partial charge in [-0.3, -0.25) is 0 Å². The van der Waals surface area contributed by atoms with E-state index >= 15 is 0 Å². The van der Waals surface area contributed by atoms with E-state index in [1.807, 2.05) is 0 Å². The molecule has 5 aromatic carbocycles. The molecule has 0 unspecified atom stereocenters. The molecule has 8 heteroatoms. The van der Waals surface area contributed by atoms with Crippen LogP contribution in [0.15, 0.2) is 140 Å². The summed E-state index contributed by atoms with van der Waals surface area (Å²) in [5, 5.41) is 0. The van der Waals surface area contributed by atoms with Crippen molar-refractivity contribution in [1.82, 2.24) is 0 Å². The van der Waals surface area contributed by atoms with Crippen molar-refractivity contribution < 1.29 is 38.1 Å². The van der Waals surface area contributed by atoms with Crippen molar-refractivity contribution in [3.63, 3.8) is 0 Å². The van der Waals surface area contributed by atoms with E-state index in [1.165, 1.54) is 18.2 Å². The molecule has 0 aromatic heterocycles. The predicted octanol–water partition coefficient (Wildman–Crippen LogP) is 6.84. The Kier molecular flexibility index (Phi) is 8.99. The standard InChI is InChI=1S/C35H24O8/c36-31(24-13-5-1-6-14-24)40-29-22-21-28(23-30(29)41-32(37)25-15-7-2-8-16-25)35(42-33(38)26-17-9-3-10-18-26)43-34(39)27-19-11-4-12-20-27/h1-23,35H.